The minimum atomic E-state index is 0.0559. The lowest BCUT2D eigenvalue weighted by atomic mass is 10.1. The van der Waals surface area contributed by atoms with E-state index in [2.05, 4.69) is 55.4 Å². The van der Waals surface area contributed by atoms with E-state index >= 15 is 0 Å². The molecule has 1 unspecified atom stereocenters. The van der Waals surface area contributed by atoms with Crippen LogP contribution < -0.4 is 10.1 Å². The molecule has 1 aliphatic rings. The van der Waals surface area contributed by atoms with Crippen molar-refractivity contribution in [2.24, 2.45) is 0 Å². The van der Waals surface area contributed by atoms with E-state index < -0.39 is 0 Å². The predicted octanol–water partition coefficient (Wildman–Crippen LogP) is 3.61. The lowest BCUT2D eigenvalue weighted by Crippen LogP contribution is -2.38. The third-order valence-electron chi connectivity index (χ3n) is 4.49. The highest BCUT2D eigenvalue weighted by molar-refractivity contribution is 8.00. The maximum atomic E-state index is 6.03. The Hall–Kier alpha value is -0.910. The number of ether oxygens (including phenoxy) is 2. The second kappa shape index (κ2) is 8.81. The first-order valence-corrected chi connectivity index (χ1v) is 9.65. The smallest absolute Gasteiger partial charge is 0.124 e. The third kappa shape index (κ3) is 5.59. The molecule has 5 heteroatoms. The van der Waals surface area contributed by atoms with Gasteiger partial charge in [-0.15, -0.1) is 11.8 Å². The van der Waals surface area contributed by atoms with E-state index in [1.54, 1.807) is 0 Å². The first-order chi connectivity index (χ1) is 11.1. The zero-order valence-corrected chi connectivity index (χ0v) is 15.7. The minimum absolute atomic E-state index is 0.0559. The summed E-state index contributed by atoms with van der Waals surface area (Å²) in [4.78, 5) is 2.45. The number of anilines is 1. The topological polar surface area (TPSA) is 33.7 Å². The number of thioether (sulfide) groups is 1. The average Bonchev–Trinajstić information content (AvgIpc) is 2.58. The minimum Gasteiger partial charge on any atom is -0.492 e. The molecule has 0 spiro atoms. The van der Waals surface area contributed by atoms with Gasteiger partial charge in [-0.3, -0.25) is 4.90 Å². The molecule has 1 saturated heterocycles. The van der Waals surface area contributed by atoms with Crippen LogP contribution in [0.1, 0.15) is 25.8 Å². The van der Waals surface area contributed by atoms with Crippen LogP contribution in [-0.2, 0) is 4.74 Å². The van der Waals surface area contributed by atoms with E-state index in [9.17, 15) is 0 Å². The van der Waals surface area contributed by atoms with Crippen LogP contribution >= 0.6 is 11.8 Å². The molecule has 1 aliphatic heterocycles. The number of nitrogens with zero attached hydrogens (tertiary/aromatic N) is 1. The van der Waals surface area contributed by atoms with Gasteiger partial charge in [0.25, 0.3) is 0 Å². The summed E-state index contributed by atoms with van der Waals surface area (Å²) in [6, 6.07) is 6.38. The molecular weight excluding hydrogens is 308 g/mol. The Morgan fingerprint density at radius 1 is 1.35 bits per heavy atom. The first kappa shape index (κ1) is 18.4. The van der Waals surface area contributed by atoms with Crippen LogP contribution in [0.2, 0.25) is 0 Å². The number of rotatable bonds is 8. The van der Waals surface area contributed by atoms with Gasteiger partial charge in [0.05, 0.1) is 18.1 Å². The van der Waals surface area contributed by atoms with Gasteiger partial charge in [0, 0.05) is 31.4 Å². The Morgan fingerprint density at radius 3 is 2.74 bits per heavy atom. The Kier molecular flexibility index (Phi) is 7.06. The monoisotopic (exact) mass is 338 g/mol. The lowest BCUT2D eigenvalue weighted by Gasteiger charge is -2.29. The molecule has 1 aromatic carbocycles. The molecule has 1 N–H and O–H groups in total. The van der Waals surface area contributed by atoms with E-state index in [1.165, 1.54) is 5.56 Å². The van der Waals surface area contributed by atoms with E-state index in [-0.39, 0.29) is 4.87 Å². The summed E-state index contributed by atoms with van der Waals surface area (Å²) in [5, 5.41) is 3.62. The van der Waals surface area contributed by atoms with Crippen molar-refractivity contribution in [3.05, 3.63) is 23.8 Å². The van der Waals surface area contributed by atoms with E-state index in [1.807, 2.05) is 11.8 Å². The van der Waals surface area contributed by atoms with Crippen LogP contribution in [0.3, 0.4) is 0 Å². The number of benzene rings is 1. The fourth-order valence-corrected chi connectivity index (χ4v) is 3.04. The molecule has 0 aliphatic carbocycles. The molecule has 130 valence electrons. The highest BCUT2D eigenvalue weighted by atomic mass is 32.2. The van der Waals surface area contributed by atoms with Gasteiger partial charge in [-0.2, -0.15) is 0 Å². The summed E-state index contributed by atoms with van der Waals surface area (Å²) >= 11 is 1.84. The summed E-state index contributed by atoms with van der Waals surface area (Å²) in [5.74, 6) is 0.975. The summed E-state index contributed by atoms with van der Waals surface area (Å²) < 4.78 is 11.4. The van der Waals surface area contributed by atoms with Gasteiger partial charge in [-0.25, -0.2) is 0 Å². The Balaban J connectivity index is 1.91. The molecule has 23 heavy (non-hydrogen) atoms. The number of aryl methyl sites for hydroxylation is 1. The fraction of sp³-hybridized carbons (Fsp3) is 0.667. The van der Waals surface area contributed by atoms with Gasteiger partial charge in [-0.05, 0) is 38.2 Å². The summed E-state index contributed by atoms with van der Waals surface area (Å²) in [6.07, 6.45) is 3.21. The number of morpholine rings is 1. The lowest BCUT2D eigenvalue weighted by molar-refractivity contribution is 0.0322. The highest BCUT2D eigenvalue weighted by Gasteiger charge is 2.20. The maximum absolute atomic E-state index is 6.03. The standard InChI is InChI=1S/C18H30N2O2S/c1-5-18(3,23-4)19-16-7-6-15(2)17(14-16)22-13-10-20-8-11-21-12-9-20/h6-7,14,19H,5,8-13H2,1-4H3. The second-order valence-corrected chi connectivity index (χ2v) is 7.51. The van der Waals surface area contributed by atoms with Crippen molar-refractivity contribution < 1.29 is 9.47 Å². The van der Waals surface area contributed by atoms with Gasteiger partial charge in [0.1, 0.15) is 12.4 Å². The van der Waals surface area contributed by atoms with E-state index in [4.69, 9.17) is 9.47 Å². The van der Waals surface area contributed by atoms with Crippen molar-refractivity contribution in [2.75, 3.05) is 51.0 Å². The number of hydrogen-bond acceptors (Lipinski definition) is 5. The van der Waals surface area contributed by atoms with Crippen molar-refractivity contribution in [1.29, 1.82) is 0 Å². The van der Waals surface area contributed by atoms with Crippen LogP contribution in [0, 0.1) is 6.92 Å². The zero-order chi connectivity index (χ0) is 16.7. The Morgan fingerprint density at radius 2 is 2.09 bits per heavy atom. The summed E-state index contributed by atoms with van der Waals surface area (Å²) in [5.41, 5.74) is 2.30. The third-order valence-corrected chi connectivity index (χ3v) is 5.78. The molecule has 1 heterocycles. The zero-order valence-electron chi connectivity index (χ0n) is 14.9. The van der Waals surface area contributed by atoms with Crippen LogP contribution in [0.15, 0.2) is 18.2 Å². The van der Waals surface area contributed by atoms with Crippen molar-refractivity contribution >= 4 is 17.4 Å². The van der Waals surface area contributed by atoms with Crippen LogP contribution in [0.4, 0.5) is 5.69 Å². The summed E-state index contributed by atoms with van der Waals surface area (Å²) in [7, 11) is 0. The van der Waals surface area contributed by atoms with Crippen LogP contribution in [0.5, 0.6) is 5.75 Å². The van der Waals surface area contributed by atoms with Crippen molar-refractivity contribution in [2.45, 2.75) is 32.1 Å². The molecule has 0 amide bonds. The SMILES string of the molecule is CCC(C)(Nc1ccc(C)c(OCCN2CCOCC2)c1)SC. The fourth-order valence-electron chi connectivity index (χ4n) is 2.53. The van der Waals surface area contributed by atoms with Crippen LogP contribution in [0.25, 0.3) is 0 Å². The van der Waals surface area contributed by atoms with Crippen LogP contribution in [-0.4, -0.2) is 55.5 Å². The Labute approximate surface area is 144 Å². The van der Waals surface area contributed by atoms with Gasteiger partial charge in [0.2, 0.25) is 0 Å². The molecule has 0 aromatic heterocycles. The predicted molar refractivity (Wildman–Crippen MR) is 99.8 cm³/mol. The number of hydrogen-bond donors (Lipinski definition) is 1. The second-order valence-electron chi connectivity index (χ2n) is 6.20. The van der Waals surface area contributed by atoms with E-state index in [0.717, 1.165) is 57.3 Å². The van der Waals surface area contributed by atoms with Crippen molar-refractivity contribution in [3.63, 3.8) is 0 Å². The van der Waals surface area contributed by atoms with Crippen molar-refractivity contribution in [3.8, 4) is 5.75 Å². The number of nitrogens with one attached hydrogen (secondary N) is 1. The molecular formula is C18H30N2O2S. The maximum Gasteiger partial charge on any atom is 0.124 e. The van der Waals surface area contributed by atoms with E-state index in [0.29, 0.717) is 0 Å². The molecule has 4 nitrogen and oxygen atoms in total. The molecule has 2 rings (SSSR count). The van der Waals surface area contributed by atoms with Gasteiger partial charge >= 0.3 is 0 Å². The molecule has 0 bridgehead atoms. The summed E-state index contributed by atoms with van der Waals surface area (Å²) in [6.45, 7) is 11.9. The van der Waals surface area contributed by atoms with Crippen molar-refractivity contribution in [1.82, 2.24) is 4.90 Å². The molecule has 1 fully saturated rings. The Bertz CT molecular complexity index is 486. The normalized spacial score (nSPS) is 18.4. The largest absolute Gasteiger partial charge is 0.492 e. The first-order valence-electron chi connectivity index (χ1n) is 8.43. The average molecular weight is 339 g/mol. The molecule has 1 atom stereocenters. The highest BCUT2D eigenvalue weighted by Crippen LogP contribution is 2.30. The molecule has 0 saturated carbocycles. The van der Waals surface area contributed by atoms with Gasteiger partial charge in [0.15, 0.2) is 0 Å². The molecule has 0 radical (unpaired) electrons. The van der Waals surface area contributed by atoms with Gasteiger partial charge in [-0.1, -0.05) is 13.0 Å². The quantitative estimate of drug-likeness (QED) is 0.732. The van der Waals surface area contributed by atoms with Gasteiger partial charge < -0.3 is 14.8 Å². The molecule has 1 aromatic rings.